The lowest BCUT2D eigenvalue weighted by Gasteiger charge is -2.27. The van der Waals surface area contributed by atoms with Crippen LogP contribution in [-0.4, -0.2) is 24.0 Å². The Morgan fingerprint density at radius 2 is 2.00 bits per heavy atom. The summed E-state index contributed by atoms with van der Waals surface area (Å²) in [5.74, 6) is 2.04. The van der Waals surface area contributed by atoms with Gasteiger partial charge in [-0.25, -0.2) is 0 Å². The molecule has 2 bridgehead atoms. The largest absolute Gasteiger partial charge is 0.493 e. The van der Waals surface area contributed by atoms with Gasteiger partial charge in [-0.15, -0.1) is 24.8 Å². The first kappa shape index (κ1) is 23.3. The Morgan fingerprint density at radius 1 is 1.21 bits per heavy atom. The third-order valence-electron chi connectivity index (χ3n) is 5.83. The van der Waals surface area contributed by atoms with E-state index in [0.29, 0.717) is 35.6 Å². The predicted molar refractivity (Wildman–Crippen MR) is 117 cm³/mol. The number of hydrogen-bond acceptors (Lipinski definition) is 5. The van der Waals surface area contributed by atoms with E-state index in [1.807, 2.05) is 18.2 Å². The van der Waals surface area contributed by atoms with Crippen molar-refractivity contribution in [2.75, 3.05) is 12.4 Å². The second kappa shape index (κ2) is 10.1. The Labute approximate surface area is 183 Å². The molecule has 29 heavy (non-hydrogen) atoms. The number of pyridine rings is 1. The van der Waals surface area contributed by atoms with Gasteiger partial charge in [0.15, 0.2) is 11.5 Å². The fourth-order valence-electron chi connectivity index (χ4n) is 4.46. The average molecular weight is 440 g/mol. The number of hydrogen-bond donors (Lipinski definition) is 2. The molecule has 2 aliphatic carbocycles. The molecule has 0 aliphatic heterocycles. The molecule has 4 atom stereocenters. The normalized spacial score (nSPS) is 24.2. The SMILES string of the molecule is COc1ccc(NC(=O)C2C3CCC(C3)C2N)cc1OCc1cccnc1.Cl.Cl. The summed E-state index contributed by atoms with van der Waals surface area (Å²) < 4.78 is 11.3. The molecule has 0 saturated heterocycles. The molecule has 3 N–H and O–H groups in total. The van der Waals surface area contributed by atoms with Crippen molar-refractivity contribution in [3.8, 4) is 11.5 Å². The van der Waals surface area contributed by atoms with Crippen LogP contribution >= 0.6 is 24.8 Å². The van der Waals surface area contributed by atoms with Gasteiger partial charge in [-0.05, 0) is 49.3 Å². The first-order valence-electron chi connectivity index (χ1n) is 9.42. The summed E-state index contributed by atoms with van der Waals surface area (Å²) in [6, 6.07) is 9.21. The first-order chi connectivity index (χ1) is 13.2. The standard InChI is InChI=1S/C21H25N3O3.2ClH/c1-26-17-7-6-16(10-18(17)27-12-13-3-2-8-23-11-13)24-21(25)19-14-4-5-15(9-14)20(19)22;;/h2-3,6-8,10-11,14-15,19-20H,4-5,9,12,22H2,1H3,(H,24,25);2*1H. The average Bonchev–Trinajstić information content (AvgIpc) is 3.28. The third-order valence-corrected chi connectivity index (χ3v) is 5.83. The number of carbonyl (C=O) groups excluding carboxylic acids is 1. The van der Waals surface area contributed by atoms with Crippen LogP contribution in [0, 0.1) is 17.8 Å². The van der Waals surface area contributed by atoms with Gasteiger partial charge in [-0.1, -0.05) is 6.07 Å². The fourth-order valence-corrected chi connectivity index (χ4v) is 4.46. The van der Waals surface area contributed by atoms with Crippen molar-refractivity contribution < 1.29 is 14.3 Å². The lowest BCUT2D eigenvalue weighted by Crippen LogP contribution is -2.42. The Kier molecular flexibility index (Phi) is 8.14. The van der Waals surface area contributed by atoms with Crippen LogP contribution in [-0.2, 0) is 11.4 Å². The van der Waals surface area contributed by atoms with Crippen molar-refractivity contribution in [3.05, 3.63) is 48.3 Å². The summed E-state index contributed by atoms with van der Waals surface area (Å²) in [7, 11) is 1.60. The van der Waals surface area contributed by atoms with E-state index in [1.165, 1.54) is 0 Å². The van der Waals surface area contributed by atoms with Crippen LogP contribution in [0.2, 0.25) is 0 Å². The molecule has 2 aliphatic rings. The molecule has 1 aromatic carbocycles. The molecule has 1 amide bonds. The number of nitrogens with one attached hydrogen (secondary N) is 1. The molecule has 158 valence electrons. The molecule has 2 aromatic rings. The molecule has 1 aromatic heterocycles. The van der Waals surface area contributed by atoms with Crippen LogP contribution in [0.5, 0.6) is 11.5 Å². The summed E-state index contributed by atoms with van der Waals surface area (Å²) in [5, 5.41) is 3.02. The van der Waals surface area contributed by atoms with Crippen molar-refractivity contribution in [2.45, 2.75) is 31.9 Å². The summed E-state index contributed by atoms with van der Waals surface area (Å²) >= 11 is 0. The molecular weight excluding hydrogens is 413 g/mol. The summed E-state index contributed by atoms with van der Waals surface area (Å²) in [5.41, 5.74) is 7.95. The molecule has 8 heteroatoms. The number of nitrogens with zero attached hydrogens (tertiary/aromatic N) is 1. The number of methoxy groups -OCH3 is 1. The van der Waals surface area contributed by atoms with E-state index in [9.17, 15) is 4.79 Å². The highest BCUT2D eigenvalue weighted by atomic mass is 35.5. The molecule has 0 radical (unpaired) electrons. The maximum atomic E-state index is 12.8. The van der Waals surface area contributed by atoms with E-state index in [2.05, 4.69) is 10.3 Å². The van der Waals surface area contributed by atoms with Crippen molar-refractivity contribution >= 4 is 36.4 Å². The Bertz CT molecular complexity index is 820. The van der Waals surface area contributed by atoms with Gasteiger partial charge >= 0.3 is 0 Å². The number of benzene rings is 1. The van der Waals surface area contributed by atoms with Crippen molar-refractivity contribution in [2.24, 2.45) is 23.5 Å². The van der Waals surface area contributed by atoms with Crippen LogP contribution in [0.15, 0.2) is 42.7 Å². The minimum atomic E-state index is -0.0920. The van der Waals surface area contributed by atoms with Crippen molar-refractivity contribution in [3.63, 3.8) is 0 Å². The quantitative estimate of drug-likeness (QED) is 0.713. The molecule has 4 rings (SSSR count). The van der Waals surface area contributed by atoms with Crippen LogP contribution in [0.3, 0.4) is 0 Å². The maximum Gasteiger partial charge on any atom is 0.229 e. The first-order valence-corrected chi connectivity index (χ1v) is 9.42. The monoisotopic (exact) mass is 439 g/mol. The van der Waals surface area contributed by atoms with Crippen LogP contribution < -0.4 is 20.5 Å². The molecule has 1 heterocycles. The van der Waals surface area contributed by atoms with Crippen LogP contribution in [0.1, 0.15) is 24.8 Å². The Morgan fingerprint density at radius 3 is 2.66 bits per heavy atom. The van der Waals surface area contributed by atoms with Gasteiger partial charge < -0.3 is 20.5 Å². The fraction of sp³-hybridized carbons (Fsp3) is 0.429. The predicted octanol–water partition coefficient (Wildman–Crippen LogP) is 3.82. The zero-order chi connectivity index (χ0) is 18.8. The van der Waals surface area contributed by atoms with E-state index in [4.69, 9.17) is 15.2 Å². The lowest BCUT2D eigenvalue weighted by molar-refractivity contribution is -0.121. The highest BCUT2D eigenvalue weighted by Crippen LogP contribution is 2.48. The van der Waals surface area contributed by atoms with Crippen LogP contribution in [0.25, 0.3) is 0 Å². The molecule has 2 fully saturated rings. The van der Waals surface area contributed by atoms with E-state index >= 15 is 0 Å². The van der Waals surface area contributed by atoms with Gasteiger partial charge in [-0.2, -0.15) is 0 Å². The van der Waals surface area contributed by atoms with E-state index in [1.54, 1.807) is 31.6 Å². The number of rotatable bonds is 6. The Balaban J connectivity index is 0.00000150. The second-order valence-electron chi connectivity index (χ2n) is 7.44. The minimum Gasteiger partial charge on any atom is -0.493 e. The molecule has 2 saturated carbocycles. The summed E-state index contributed by atoms with van der Waals surface area (Å²) in [6.45, 7) is 0.374. The second-order valence-corrected chi connectivity index (χ2v) is 7.44. The third kappa shape index (κ3) is 4.94. The van der Waals surface area contributed by atoms with Crippen molar-refractivity contribution in [1.29, 1.82) is 0 Å². The van der Waals surface area contributed by atoms with Crippen molar-refractivity contribution in [1.82, 2.24) is 4.98 Å². The topological polar surface area (TPSA) is 86.5 Å². The van der Waals surface area contributed by atoms with Gasteiger partial charge in [0.2, 0.25) is 5.91 Å². The van der Waals surface area contributed by atoms with Gasteiger partial charge in [0.1, 0.15) is 6.61 Å². The number of amides is 1. The molecular formula is C21H27Cl2N3O3. The highest BCUT2D eigenvalue weighted by Gasteiger charge is 2.49. The maximum absolute atomic E-state index is 12.8. The molecule has 4 unspecified atom stereocenters. The zero-order valence-electron chi connectivity index (χ0n) is 16.2. The van der Waals surface area contributed by atoms with E-state index in [-0.39, 0.29) is 42.7 Å². The number of fused-ring (bicyclic) bond motifs is 2. The van der Waals surface area contributed by atoms with Gasteiger partial charge in [-0.3, -0.25) is 9.78 Å². The van der Waals surface area contributed by atoms with E-state index in [0.717, 1.165) is 24.8 Å². The number of ether oxygens (including phenoxy) is 2. The number of anilines is 1. The van der Waals surface area contributed by atoms with Gasteiger partial charge in [0, 0.05) is 35.8 Å². The number of aromatic nitrogens is 1. The summed E-state index contributed by atoms with van der Waals surface area (Å²) in [4.78, 5) is 16.9. The van der Waals surface area contributed by atoms with E-state index < -0.39 is 0 Å². The molecule has 0 spiro atoms. The number of carbonyl (C=O) groups is 1. The number of halogens is 2. The van der Waals surface area contributed by atoms with Gasteiger partial charge in [0.25, 0.3) is 0 Å². The lowest BCUT2D eigenvalue weighted by atomic mass is 9.84. The molecule has 6 nitrogen and oxygen atoms in total. The van der Waals surface area contributed by atoms with Crippen LogP contribution in [0.4, 0.5) is 5.69 Å². The van der Waals surface area contributed by atoms with Gasteiger partial charge in [0.05, 0.1) is 13.0 Å². The zero-order valence-corrected chi connectivity index (χ0v) is 17.9. The highest BCUT2D eigenvalue weighted by molar-refractivity contribution is 5.94. The smallest absolute Gasteiger partial charge is 0.229 e. The summed E-state index contributed by atoms with van der Waals surface area (Å²) in [6.07, 6.45) is 6.83. The minimum absolute atomic E-state index is 0. The Hall–Kier alpha value is -2.02. The number of nitrogens with two attached hydrogens (primary N) is 1.